The Morgan fingerprint density at radius 1 is 1.11 bits per heavy atom. The molecule has 10 nitrogen and oxygen atoms in total. The average Bonchev–Trinajstić information content (AvgIpc) is 3.19. The molecule has 3 unspecified atom stereocenters. The number of fused-ring (bicyclic) bond motifs is 4. The number of rotatable bonds is 6. The van der Waals surface area contributed by atoms with Gasteiger partial charge in [0.15, 0.2) is 0 Å². The maximum atomic E-state index is 14.3. The minimum absolute atomic E-state index is 0.0609. The number of nitrogens with two attached hydrogens (primary N) is 1. The molecule has 2 heterocycles. The number of hydrogen-bond donors (Lipinski definition) is 3. The van der Waals surface area contributed by atoms with Crippen LogP contribution in [-0.2, 0) is 38.4 Å². The number of carbonyl (C=O) groups excluding carboxylic acids is 4. The third kappa shape index (κ3) is 6.39. The number of ether oxygens (including phenoxy) is 1. The van der Waals surface area contributed by atoms with E-state index in [0.29, 0.717) is 18.8 Å². The number of aromatic hydroxyl groups is 1. The molecule has 4 amide bonds. The molecule has 0 saturated carbocycles. The van der Waals surface area contributed by atoms with Crippen molar-refractivity contribution >= 4 is 23.8 Å². The normalized spacial score (nSPS) is 26.1. The first-order chi connectivity index (χ1) is 20.6. The van der Waals surface area contributed by atoms with Crippen LogP contribution in [0.4, 0.5) is 4.79 Å². The Morgan fingerprint density at radius 3 is 2.50 bits per heavy atom. The number of nitrogens with zero attached hydrogens (tertiary/aromatic N) is 2. The Labute approximate surface area is 258 Å². The van der Waals surface area contributed by atoms with Crippen LogP contribution in [0.5, 0.6) is 5.75 Å². The van der Waals surface area contributed by atoms with Gasteiger partial charge in [0.1, 0.15) is 30.0 Å². The first kappa shape index (κ1) is 31.3. The molecule has 2 aliphatic heterocycles. The molecule has 2 aromatic rings. The van der Waals surface area contributed by atoms with E-state index in [2.05, 4.69) is 29.6 Å². The Kier molecular flexibility index (Phi) is 8.39. The van der Waals surface area contributed by atoms with Gasteiger partial charge in [0.05, 0.1) is 6.04 Å². The molecule has 5 atom stereocenters. The number of benzene rings is 2. The van der Waals surface area contributed by atoms with Gasteiger partial charge in [0, 0.05) is 13.5 Å². The van der Waals surface area contributed by atoms with E-state index in [9.17, 15) is 24.3 Å². The molecule has 3 aliphatic rings. The summed E-state index contributed by atoms with van der Waals surface area (Å²) in [4.78, 5) is 55.9. The summed E-state index contributed by atoms with van der Waals surface area (Å²) in [7, 11) is 1.45. The van der Waals surface area contributed by atoms with Crippen LogP contribution in [0.2, 0.25) is 0 Å². The summed E-state index contributed by atoms with van der Waals surface area (Å²) in [5, 5.41) is 13.3. The molecule has 0 aromatic heterocycles. The third-order valence-corrected chi connectivity index (χ3v) is 9.29. The van der Waals surface area contributed by atoms with Crippen molar-refractivity contribution in [1.29, 1.82) is 0 Å². The second-order valence-corrected chi connectivity index (χ2v) is 14.0. The van der Waals surface area contributed by atoms with Crippen LogP contribution in [0.1, 0.15) is 75.3 Å². The number of nitrogens with one attached hydrogen (secondary N) is 1. The lowest BCUT2D eigenvalue weighted by Crippen LogP contribution is -2.56. The van der Waals surface area contributed by atoms with E-state index in [4.69, 9.17) is 10.5 Å². The van der Waals surface area contributed by atoms with Crippen molar-refractivity contribution in [1.82, 2.24) is 15.1 Å². The standard InChI is InChI=1S/C34H44N4O6/c1-33(2,3)44-32(43)37(5)19-28(40)36-26-15-23-12-13-24(39)16-25(23)27-18-34(4,29(30(35)41)38(27)31(26)42)17-20-10-11-21-8-6-7-9-22(21)14-20/h6-9,12-13,16,20,26-27,29,39H,10-11,14-15,17-19H2,1-5H3,(H2,35,41)(H,36,40)/t20?,26-,27+,29?,34?/m0/s1. The summed E-state index contributed by atoms with van der Waals surface area (Å²) in [6, 6.07) is 11.0. The lowest BCUT2D eigenvalue weighted by atomic mass is 9.69. The van der Waals surface area contributed by atoms with Gasteiger partial charge in [-0.05, 0) is 98.6 Å². The van der Waals surface area contributed by atoms with Gasteiger partial charge < -0.3 is 30.7 Å². The summed E-state index contributed by atoms with van der Waals surface area (Å²) in [6.07, 6.45) is 3.58. The van der Waals surface area contributed by atoms with Crippen molar-refractivity contribution in [3.63, 3.8) is 0 Å². The summed E-state index contributed by atoms with van der Waals surface area (Å²) >= 11 is 0. The van der Waals surface area contributed by atoms with Crippen LogP contribution >= 0.6 is 0 Å². The molecule has 0 spiro atoms. The van der Waals surface area contributed by atoms with Gasteiger partial charge in [-0.2, -0.15) is 0 Å². The maximum Gasteiger partial charge on any atom is 0.410 e. The van der Waals surface area contributed by atoms with Crippen molar-refractivity contribution in [2.24, 2.45) is 17.1 Å². The molecule has 5 rings (SSSR count). The largest absolute Gasteiger partial charge is 0.508 e. The summed E-state index contributed by atoms with van der Waals surface area (Å²) < 4.78 is 5.35. The molecule has 1 saturated heterocycles. The average molecular weight is 605 g/mol. The van der Waals surface area contributed by atoms with Crippen LogP contribution in [0.25, 0.3) is 0 Å². The molecular formula is C34H44N4O6. The van der Waals surface area contributed by atoms with Crippen LogP contribution < -0.4 is 11.1 Å². The lowest BCUT2D eigenvalue weighted by molar-refractivity contribution is -0.144. The number of likely N-dealkylation sites (N-methyl/N-ethyl adjacent to an activating group) is 1. The molecule has 1 aliphatic carbocycles. The minimum atomic E-state index is -0.992. The van der Waals surface area contributed by atoms with E-state index in [1.54, 1.807) is 43.9 Å². The molecule has 1 fully saturated rings. The quantitative estimate of drug-likeness (QED) is 0.460. The van der Waals surface area contributed by atoms with Crippen LogP contribution in [0.3, 0.4) is 0 Å². The fourth-order valence-electron chi connectivity index (χ4n) is 7.53. The van der Waals surface area contributed by atoms with E-state index in [1.807, 2.05) is 6.92 Å². The van der Waals surface area contributed by atoms with Gasteiger partial charge in [-0.3, -0.25) is 14.4 Å². The summed E-state index contributed by atoms with van der Waals surface area (Å²) in [5.41, 5.74) is 8.98. The monoisotopic (exact) mass is 604 g/mol. The number of carbonyl (C=O) groups is 4. The first-order valence-electron chi connectivity index (χ1n) is 15.4. The molecule has 2 aromatic carbocycles. The maximum absolute atomic E-state index is 14.3. The van der Waals surface area contributed by atoms with Gasteiger partial charge in [-0.25, -0.2) is 4.79 Å². The Morgan fingerprint density at radius 2 is 1.82 bits per heavy atom. The van der Waals surface area contributed by atoms with E-state index < -0.39 is 53.0 Å². The highest BCUT2D eigenvalue weighted by atomic mass is 16.6. The Balaban J connectivity index is 1.42. The zero-order chi connectivity index (χ0) is 32.0. The van der Waals surface area contributed by atoms with Crippen molar-refractivity contribution in [2.75, 3.05) is 13.6 Å². The van der Waals surface area contributed by atoms with E-state index >= 15 is 0 Å². The number of phenolic OH excluding ortho intramolecular Hbond substituents is 1. The van der Waals surface area contributed by atoms with E-state index in [1.165, 1.54) is 18.2 Å². The number of amides is 4. The highest BCUT2D eigenvalue weighted by Gasteiger charge is 2.57. The highest BCUT2D eigenvalue weighted by molar-refractivity contribution is 5.94. The second-order valence-electron chi connectivity index (χ2n) is 14.0. The molecule has 4 N–H and O–H groups in total. The van der Waals surface area contributed by atoms with Crippen molar-refractivity contribution in [3.05, 3.63) is 64.7 Å². The van der Waals surface area contributed by atoms with Crippen molar-refractivity contribution in [3.8, 4) is 5.75 Å². The van der Waals surface area contributed by atoms with Crippen LogP contribution in [0.15, 0.2) is 42.5 Å². The fraction of sp³-hybridized carbons (Fsp3) is 0.529. The van der Waals surface area contributed by atoms with Gasteiger partial charge in [-0.1, -0.05) is 37.3 Å². The van der Waals surface area contributed by atoms with Crippen LogP contribution in [0, 0.1) is 11.3 Å². The first-order valence-corrected chi connectivity index (χ1v) is 15.4. The summed E-state index contributed by atoms with van der Waals surface area (Å²) in [6.45, 7) is 6.93. The van der Waals surface area contributed by atoms with Crippen LogP contribution in [-0.4, -0.2) is 70.0 Å². The Hall–Kier alpha value is -4.08. The predicted molar refractivity (Wildman–Crippen MR) is 164 cm³/mol. The zero-order valence-corrected chi connectivity index (χ0v) is 26.3. The molecule has 236 valence electrons. The predicted octanol–water partition coefficient (Wildman–Crippen LogP) is 3.63. The second kappa shape index (κ2) is 11.8. The molecule has 10 heteroatoms. The van der Waals surface area contributed by atoms with Crippen molar-refractivity contribution in [2.45, 2.75) is 89.9 Å². The van der Waals surface area contributed by atoms with E-state index in [-0.39, 0.29) is 18.7 Å². The number of primary amides is 1. The smallest absolute Gasteiger partial charge is 0.410 e. The SMILES string of the molecule is CN(CC(=O)N[C@H]1Cc2ccc(O)cc2[C@H]2CC(C)(CC3CCc4ccccc4C3)C(C(N)=O)N2C1=O)C(=O)OC(C)(C)C. The van der Waals surface area contributed by atoms with Crippen molar-refractivity contribution < 1.29 is 29.0 Å². The zero-order valence-electron chi connectivity index (χ0n) is 26.3. The van der Waals surface area contributed by atoms with Gasteiger partial charge in [0.25, 0.3) is 0 Å². The van der Waals surface area contributed by atoms with Gasteiger partial charge in [0.2, 0.25) is 17.7 Å². The topological polar surface area (TPSA) is 142 Å². The third-order valence-electron chi connectivity index (χ3n) is 9.29. The molecule has 44 heavy (non-hydrogen) atoms. The minimum Gasteiger partial charge on any atom is -0.508 e. The van der Waals surface area contributed by atoms with E-state index in [0.717, 1.165) is 35.3 Å². The molecule has 0 bridgehead atoms. The van der Waals surface area contributed by atoms with Gasteiger partial charge in [-0.15, -0.1) is 0 Å². The fourth-order valence-corrected chi connectivity index (χ4v) is 7.53. The molecular weight excluding hydrogens is 560 g/mol. The Bertz CT molecular complexity index is 1470. The highest BCUT2D eigenvalue weighted by Crippen LogP contribution is 2.54. The number of aryl methyl sites for hydroxylation is 1. The summed E-state index contributed by atoms with van der Waals surface area (Å²) in [5.74, 6) is -1.14. The lowest BCUT2D eigenvalue weighted by Gasteiger charge is -2.38. The number of hydrogen-bond acceptors (Lipinski definition) is 6. The molecule has 0 radical (unpaired) electrons. The number of phenols is 1. The van der Waals surface area contributed by atoms with Gasteiger partial charge >= 0.3 is 6.09 Å².